The lowest BCUT2D eigenvalue weighted by Gasteiger charge is -2.36. The quantitative estimate of drug-likeness (QED) is 0.626. The summed E-state index contributed by atoms with van der Waals surface area (Å²) in [7, 11) is 0. The topological polar surface area (TPSA) is 35.5 Å². The van der Waals surface area contributed by atoms with Gasteiger partial charge in [0.05, 0.1) is 6.61 Å². The fraction of sp³-hybridized carbons (Fsp3) is 1.00. The van der Waals surface area contributed by atoms with Gasteiger partial charge in [0, 0.05) is 31.7 Å². The number of nitrogens with zero attached hydrogens (tertiary/aromatic N) is 1. The molecule has 2 saturated carbocycles. The predicted molar refractivity (Wildman–Crippen MR) is 75.7 cm³/mol. The van der Waals surface area contributed by atoms with Crippen LogP contribution in [0, 0.1) is 5.41 Å². The summed E-state index contributed by atoms with van der Waals surface area (Å²) in [6, 6.07) is 1.56. The SMILES string of the molecule is CCCC(C)(CNC1CC1)CN(CCO)C1CC1. The monoisotopic (exact) mass is 254 g/mol. The largest absolute Gasteiger partial charge is 0.395 e. The second kappa shape index (κ2) is 6.36. The molecule has 0 radical (unpaired) electrons. The minimum atomic E-state index is 0.300. The minimum absolute atomic E-state index is 0.300. The Morgan fingerprint density at radius 2 is 2.00 bits per heavy atom. The Kier molecular flexibility index (Phi) is 5.05. The standard InChI is InChI=1S/C15H30N2O/c1-3-8-15(2,11-16-13-4-5-13)12-17(9-10-18)14-6-7-14/h13-14,16,18H,3-12H2,1-2H3. The number of rotatable bonds is 10. The normalized spacial score (nSPS) is 23.3. The summed E-state index contributed by atoms with van der Waals surface area (Å²) >= 11 is 0. The lowest BCUT2D eigenvalue weighted by molar-refractivity contribution is 0.118. The van der Waals surface area contributed by atoms with E-state index in [4.69, 9.17) is 0 Å². The molecule has 2 aliphatic rings. The molecule has 0 amide bonds. The van der Waals surface area contributed by atoms with E-state index in [0.29, 0.717) is 12.0 Å². The molecule has 0 aromatic carbocycles. The summed E-state index contributed by atoms with van der Waals surface area (Å²) < 4.78 is 0. The number of aliphatic hydroxyl groups excluding tert-OH is 1. The highest BCUT2D eigenvalue weighted by Crippen LogP contribution is 2.32. The Morgan fingerprint density at radius 1 is 1.28 bits per heavy atom. The minimum Gasteiger partial charge on any atom is -0.395 e. The smallest absolute Gasteiger partial charge is 0.0558 e. The predicted octanol–water partition coefficient (Wildman–Crippen LogP) is 2.00. The molecule has 0 aromatic rings. The van der Waals surface area contributed by atoms with Crippen molar-refractivity contribution in [1.82, 2.24) is 10.2 Å². The van der Waals surface area contributed by atoms with E-state index >= 15 is 0 Å². The molecular weight excluding hydrogens is 224 g/mol. The maximum absolute atomic E-state index is 9.21. The molecular formula is C15H30N2O. The van der Waals surface area contributed by atoms with Gasteiger partial charge in [0.2, 0.25) is 0 Å². The number of hydrogen-bond donors (Lipinski definition) is 2. The summed E-state index contributed by atoms with van der Waals surface area (Å²) in [5.41, 5.74) is 0.370. The van der Waals surface area contributed by atoms with E-state index in [-0.39, 0.29) is 0 Å². The third kappa shape index (κ3) is 4.52. The average Bonchev–Trinajstić information content (AvgIpc) is 3.17. The van der Waals surface area contributed by atoms with Crippen molar-refractivity contribution in [2.24, 2.45) is 5.41 Å². The van der Waals surface area contributed by atoms with Crippen LogP contribution in [-0.4, -0.2) is 48.3 Å². The zero-order chi connectivity index (χ0) is 13.0. The van der Waals surface area contributed by atoms with Gasteiger partial charge in [0.25, 0.3) is 0 Å². The molecule has 2 aliphatic carbocycles. The molecule has 0 aliphatic heterocycles. The second-order valence-electron chi connectivity index (χ2n) is 6.64. The van der Waals surface area contributed by atoms with Crippen molar-refractivity contribution in [3.8, 4) is 0 Å². The molecule has 1 unspecified atom stereocenters. The molecule has 106 valence electrons. The van der Waals surface area contributed by atoms with Gasteiger partial charge in [-0.25, -0.2) is 0 Å². The lowest BCUT2D eigenvalue weighted by Crippen LogP contribution is -2.44. The third-order valence-corrected chi connectivity index (χ3v) is 4.28. The Hall–Kier alpha value is -0.120. The average molecular weight is 254 g/mol. The summed E-state index contributed by atoms with van der Waals surface area (Å²) in [5.74, 6) is 0. The van der Waals surface area contributed by atoms with Crippen molar-refractivity contribution in [2.45, 2.75) is 64.5 Å². The van der Waals surface area contributed by atoms with Crippen LogP contribution in [0.15, 0.2) is 0 Å². The Labute approximate surface area is 112 Å². The van der Waals surface area contributed by atoms with Crippen LogP contribution >= 0.6 is 0 Å². The van der Waals surface area contributed by atoms with Crippen LogP contribution in [0.25, 0.3) is 0 Å². The summed E-state index contributed by atoms with van der Waals surface area (Å²) in [4.78, 5) is 2.52. The van der Waals surface area contributed by atoms with Crippen molar-refractivity contribution < 1.29 is 5.11 Å². The highest BCUT2D eigenvalue weighted by molar-refractivity contribution is 4.91. The van der Waals surface area contributed by atoms with Crippen LogP contribution in [0.2, 0.25) is 0 Å². The van der Waals surface area contributed by atoms with Gasteiger partial charge in [-0.05, 0) is 37.5 Å². The second-order valence-corrected chi connectivity index (χ2v) is 6.64. The molecule has 2 N–H and O–H groups in total. The zero-order valence-electron chi connectivity index (χ0n) is 12.1. The molecule has 0 saturated heterocycles. The van der Waals surface area contributed by atoms with E-state index in [1.54, 1.807) is 0 Å². The molecule has 2 rings (SSSR count). The number of hydrogen-bond acceptors (Lipinski definition) is 3. The molecule has 1 atom stereocenters. The van der Waals surface area contributed by atoms with Crippen LogP contribution in [0.1, 0.15) is 52.4 Å². The van der Waals surface area contributed by atoms with Crippen LogP contribution in [-0.2, 0) is 0 Å². The molecule has 18 heavy (non-hydrogen) atoms. The van der Waals surface area contributed by atoms with Crippen LogP contribution in [0.3, 0.4) is 0 Å². The first kappa shape index (κ1) is 14.3. The van der Waals surface area contributed by atoms with Crippen molar-refractivity contribution in [3.63, 3.8) is 0 Å². The van der Waals surface area contributed by atoms with Gasteiger partial charge in [0.15, 0.2) is 0 Å². The maximum Gasteiger partial charge on any atom is 0.0558 e. The van der Waals surface area contributed by atoms with Gasteiger partial charge in [-0.2, -0.15) is 0 Å². The molecule has 2 fully saturated rings. The highest BCUT2D eigenvalue weighted by Gasteiger charge is 2.35. The zero-order valence-corrected chi connectivity index (χ0v) is 12.1. The van der Waals surface area contributed by atoms with E-state index in [1.165, 1.54) is 38.5 Å². The summed E-state index contributed by atoms with van der Waals surface area (Å²) in [6.07, 6.45) is 7.93. The fourth-order valence-corrected chi connectivity index (χ4v) is 2.95. The van der Waals surface area contributed by atoms with Gasteiger partial charge >= 0.3 is 0 Å². The van der Waals surface area contributed by atoms with Gasteiger partial charge in [-0.1, -0.05) is 20.3 Å². The first-order valence-corrected chi connectivity index (χ1v) is 7.75. The van der Waals surface area contributed by atoms with E-state index in [2.05, 4.69) is 24.1 Å². The molecule has 3 heteroatoms. The third-order valence-electron chi connectivity index (χ3n) is 4.28. The molecule has 0 heterocycles. The van der Waals surface area contributed by atoms with Crippen LogP contribution in [0.4, 0.5) is 0 Å². The molecule has 3 nitrogen and oxygen atoms in total. The van der Waals surface area contributed by atoms with Crippen LogP contribution in [0.5, 0.6) is 0 Å². The maximum atomic E-state index is 9.21. The van der Waals surface area contributed by atoms with Gasteiger partial charge in [0.1, 0.15) is 0 Å². The fourth-order valence-electron chi connectivity index (χ4n) is 2.95. The van der Waals surface area contributed by atoms with Gasteiger partial charge < -0.3 is 10.4 Å². The Morgan fingerprint density at radius 3 is 2.50 bits per heavy atom. The number of aliphatic hydroxyl groups is 1. The van der Waals surface area contributed by atoms with Gasteiger partial charge in [-0.15, -0.1) is 0 Å². The van der Waals surface area contributed by atoms with E-state index in [1.807, 2.05) is 0 Å². The van der Waals surface area contributed by atoms with Crippen molar-refractivity contribution in [1.29, 1.82) is 0 Å². The molecule has 0 spiro atoms. The van der Waals surface area contributed by atoms with Crippen molar-refractivity contribution >= 4 is 0 Å². The Balaban J connectivity index is 1.84. The van der Waals surface area contributed by atoms with Crippen molar-refractivity contribution in [3.05, 3.63) is 0 Å². The number of nitrogens with one attached hydrogen (secondary N) is 1. The van der Waals surface area contributed by atoms with Gasteiger partial charge in [-0.3, -0.25) is 4.90 Å². The first-order chi connectivity index (χ1) is 8.67. The Bertz CT molecular complexity index is 251. The van der Waals surface area contributed by atoms with E-state index in [9.17, 15) is 5.11 Å². The molecule has 0 bridgehead atoms. The molecule has 0 aromatic heterocycles. The van der Waals surface area contributed by atoms with Crippen LogP contribution < -0.4 is 5.32 Å². The lowest BCUT2D eigenvalue weighted by atomic mass is 9.84. The first-order valence-electron chi connectivity index (χ1n) is 7.75. The van der Waals surface area contributed by atoms with E-state index in [0.717, 1.165) is 31.7 Å². The van der Waals surface area contributed by atoms with E-state index < -0.39 is 0 Å². The summed E-state index contributed by atoms with van der Waals surface area (Å²) in [6.45, 7) is 8.13. The highest BCUT2D eigenvalue weighted by atomic mass is 16.3. The summed E-state index contributed by atoms with van der Waals surface area (Å²) in [5, 5.41) is 12.9. The van der Waals surface area contributed by atoms with Crippen molar-refractivity contribution in [2.75, 3.05) is 26.2 Å².